The van der Waals surface area contributed by atoms with Gasteiger partial charge in [-0.3, -0.25) is 0 Å². The lowest BCUT2D eigenvalue weighted by Gasteiger charge is -2.02. The number of hydrogen-bond acceptors (Lipinski definition) is 1. The quantitative estimate of drug-likeness (QED) is 0.150. The molecule has 0 N–H and O–H groups in total. The van der Waals surface area contributed by atoms with Crippen molar-refractivity contribution in [2.45, 2.75) is 106 Å². The fraction of sp³-hybridized carbons (Fsp3) is 0.552. The molecule has 0 saturated carbocycles. The summed E-state index contributed by atoms with van der Waals surface area (Å²) in [6.45, 7) is 13.3. The van der Waals surface area contributed by atoms with Gasteiger partial charge in [-0.15, -0.1) is 0 Å². The molecule has 0 heterocycles. The highest BCUT2D eigenvalue weighted by atomic mass is 14.2. The molecule has 0 aliphatic carbocycles. The van der Waals surface area contributed by atoms with Crippen molar-refractivity contribution in [3.05, 3.63) is 70.4 Å². The van der Waals surface area contributed by atoms with Crippen LogP contribution in [0.3, 0.4) is 0 Å². The van der Waals surface area contributed by atoms with Crippen LogP contribution in [0.2, 0.25) is 0 Å². The van der Waals surface area contributed by atoms with Gasteiger partial charge in [-0.25, -0.2) is 0 Å². The van der Waals surface area contributed by atoms with E-state index < -0.39 is 0 Å². The van der Waals surface area contributed by atoms with Crippen molar-refractivity contribution in [1.82, 2.24) is 0 Å². The molecule has 0 aliphatic heterocycles. The summed E-state index contributed by atoms with van der Waals surface area (Å²) in [5.74, 6) is 0. The monoisotopic (exact) mass is 407 g/mol. The molecular weight excluding hydrogens is 362 g/mol. The molecule has 30 heavy (non-hydrogen) atoms. The normalized spacial score (nSPS) is 13.6. The summed E-state index contributed by atoms with van der Waals surface area (Å²) in [7, 11) is 0. The average Bonchev–Trinajstić information content (AvgIpc) is 2.68. The van der Waals surface area contributed by atoms with E-state index in [1.54, 1.807) is 6.08 Å². The molecule has 1 heteroatoms. The first kappa shape index (κ1) is 27.9. The van der Waals surface area contributed by atoms with Crippen LogP contribution in [0, 0.1) is 11.3 Å². The van der Waals surface area contributed by atoms with Crippen molar-refractivity contribution in [2.75, 3.05) is 0 Å². The Balaban J connectivity index is 4.04. The van der Waals surface area contributed by atoms with Crippen LogP contribution in [0.1, 0.15) is 106 Å². The van der Waals surface area contributed by atoms with E-state index in [-0.39, 0.29) is 0 Å². The van der Waals surface area contributed by atoms with E-state index in [0.717, 1.165) is 44.9 Å². The van der Waals surface area contributed by atoms with Crippen molar-refractivity contribution < 1.29 is 0 Å². The molecule has 0 saturated heterocycles. The van der Waals surface area contributed by atoms with E-state index >= 15 is 0 Å². The second-order valence-corrected chi connectivity index (χ2v) is 8.75. The number of nitriles is 1. The summed E-state index contributed by atoms with van der Waals surface area (Å²) in [5.41, 5.74) is 7.35. The molecule has 0 unspecified atom stereocenters. The van der Waals surface area contributed by atoms with E-state index in [1.807, 2.05) is 12.1 Å². The SMILES string of the molecule is CC(C)=CCC/C(C)=C/CC/C(C)=C/CC/C=C(\C)CC/C=C(\C)CC/C=C\C#N. The molecule has 0 aliphatic rings. The van der Waals surface area contributed by atoms with E-state index in [0.29, 0.717) is 0 Å². The van der Waals surface area contributed by atoms with Crippen molar-refractivity contribution >= 4 is 0 Å². The van der Waals surface area contributed by atoms with Crippen LogP contribution in [0.4, 0.5) is 0 Å². The number of allylic oxidation sites excluding steroid dienone is 12. The predicted molar refractivity (Wildman–Crippen MR) is 135 cm³/mol. The van der Waals surface area contributed by atoms with Gasteiger partial charge >= 0.3 is 0 Å². The van der Waals surface area contributed by atoms with E-state index in [2.05, 4.69) is 71.9 Å². The Hall–Kier alpha value is -2.07. The van der Waals surface area contributed by atoms with Crippen molar-refractivity contribution in [1.29, 1.82) is 5.26 Å². The second-order valence-electron chi connectivity index (χ2n) is 8.75. The van der Waals surface area contributed by atoms with Gasteiger partial charge in [0, 0.05) is 6.08 Å². The average molecular weight is 408 g/mol. The summed E-state index contributed by atoms with van der Waals surface area (Å²) < 4.78 is 0. The number of unbranched alkanes of at least 4 members (excludes halogenated alkanes) is 1. The van der Waals surface area contributed by atoms with Gasteiger partial charge in [0.15, 0.2) is 0 Å². The molecule has 0 aromatic rings. The first-order valence-electron chi connectivity index (χ1n) is 11.7. The zero-order chi connectivity index (χ0) is 22.6. The lowest BCUT2D eigenvalue weighted by atomic mass is 10.0. The van der Waals surface area contributed by atoms with Crippen LogP contribution >= 0.6 is 0 Å². The van der Waals surface area contributed by atoms with Gasteiger partial charge in [-0.1, -0.05) is 64.3 Å². The maximum Gasteiger partial charge on any atom is 0.0908 e. The van der Waals surface area contributed by atoms with E-state index in [9.17, 15) is 0 Å². The Morgan fingerprint density at radius 2 is 0.900 bits per heavy atom. The minimum absolute atomic E-state index is 0.960. The number of rotatable bonds is 15. The lowest BCUT2D eigenvalue weighted by molar-refractivity contribution is 0.897. The Labute approximate surface area is 187 Å². The molecule has 0 bridgehead atoms. The zero-order valence-corrected chi connectivity index (χ0v) is 20.6. The second kappa shape index (κ2) is 18.9. The summed E-state index contributed by atoms with van der Waals surface area (Å²) in [4.78, 5) is 0. The summed E-state index contributed by atoms with van der Waals surface area (Å²) >= 11 is 0. The Morgan fingerprint density at radius 1 is 0.533 bits per heavy atom. The molecule has 0 spiro atoms. The lowest BCUT2D eigenvalue weighted by Crippen LogP contribution is -1.82. The van der Waals surface area contributed by atoms with Crippen molar-refractivity contribution in [2.24, 2.45) is 0 Å². The number of hydrogen-bond donors (Lipinski definition) is 0. The molecule has 1 nitrogen and oxygen atoms in total. The Bertz CT molecular complexity index is 682. The number of nitrogens with zero attached hydrogens (tertiary/aromatic N) is 1. The topological polar surface area (TPSA) is 23.8 Å². The molecule has 0 amide bonds. The van der Waals surface area contributed by atoms with E-state index in [4.69, 9.17) is 5.26 Å². The van der Waals surface area contributed by atoms with Gasteiger partial charge in [0.05, 0.1) is 6.07 Å². The minimum atomic E-state index is 0.960. The molecule has 166 valence electrons. The van der Waals surface area contributed by atoms with E-state index in [1.165, 1.54) is 47.1 Å². The first-order valence-corrected chi connectivity index (χ1v) is 11.7. The largest absolute Gasteiger partial charge is 0.193 e. The van der Waals surface area contributed by atoms with Crippen LogP contribution in [-0.2, 0) is 0 Å². The highest BCUT2D eigenvalue weighted by Crippen LogP contribution is 2.14. The predicted octanol–water partition coefficient (Wildman–Crippen LogP) is 9.72. The summed E-state index contributed by atoms with van der Waals surface area (Å²) in [5, 5.41) is 8.49. The standard InChI is InChI=1S/C29H45N/c1-25(2)15-12-19-29(6)23-14-22-28(5)18-10-9-17-27(4)21-13-20-26(3)16-8-7-11-24-30/h7,11,15,17-18,20,23H,8-10,12-14,16,19,21-22H2,1-6H3/b11-7-,26-20+,27-17+,28-18+,29-23+. The summed E-state index contributed by atoms with van der Waals surface area (Å²) in [6.07, 6.45) is 26.7. The minimum Gasteiger partial charge on any atom is -0.193 e. The fourth-order valence-corrected chi connectivity index (χ4v) is 3.20. The highest BCUT2D eigenvalue weighted by molar-refractivity contribution is 5.08. The first-order chi connectivity index (χ1) is 14.3. The third-order valence-corrected chi connectivity index (χ3v) is 5.20. The molecule has 0 fully saturated rings. The third kappa shape index (κ3) is 19.3. The molecule has 0 radical (unpaired) electrons. The molecular formula is C29H45N. The molecule has 0 aromatic heterocycles. The van der Waals surface area contributed by atoms with Crippen molar-refractivity contribution in [3.8, 4) is 6.07 Å². The maximum absolute atomic E-state index is 8.49. The Kier molecular flexibility index (Phi) is 17.6. The smallest absolute Gasteiger partial charge is 0.0908 e. The highest BCUT2D eigenvalue weighted by Gasteiger charge is 1.94. The van der Waals surface area contributed by atoms with Gasteiger partial charge in [0.2, 0.25) is 0 Å². The van der Waals surface area contributed by atoms with Gasteiger partial charge in [-0.2, -0.15) is 5.26 Å². The maximum atomic E-state index is 8.49. The molecule has 0 atom stereocenters. The third-order valence-electron chi connectivity index (χ3n) is 5.20. The van der Waals surface area contributed by atoms with Crippen LogP contribution in [-0.4, -0.2) is 0 Å². The molecule has 0 rings (SSSR count). The van der Waals surface area contributed by atoms with Gasteiger partial charge < -0.3 is 0 Å². The van der Waals surface area contributed by atoms with Gasteiger partial charge in [0.25, 0.3) is 0 Å². The Morgan fingerprint density at radius 3 is 1.30 bits per heavy atom. The van der Waals surface area contributed by atoms with Crippen LogP contribution < -0.4 is 0 Å². The van der Waals surface area contributed by atoms with Crippen LogP contribution in [0.5, 0.6) is 0 Å². The van der Waals surface area contributed by atoms with Gasteiger partial charge in [0.1, 0.15) is 0 Å². The fourth-order valence-electron chi connectivity index (χ4n) is 3.20. The zero-order valence-electron chi connectivity index (χ0n) is 20.6. The van der Waals surface area contributed by atoms with Crippen LogP contribution in [0.25, 0.3) is 0 Å². The molecule has 0 aromatic carbocycles. The van der Waals surface area contributed by atoms with Crippen LogP contribution in [0.15, 0.2) is 70.4 Å². The van der Waals surface area contributed by atoms with Crippen molar-refractivity contribution in [3.63, 3.8) is 0 Å². The van der Waals surface area contributed by atoms with Gasteiger partial charge in [-0.05, 0) is 106 Å². The summed E-state index contributed by atoms with van der Waals surface area (Å²) in [6, 6.07) is 2.04.